The largest absolute Gasteiger partial charge is 0.480 e. The number of hydrogen-bond donors (Lipinski definition) is 2. The molecule has 0 spiro atoms. The Morgan fingerprint density at radius 1 is 1.24 bits per heavy atom. The first-order chi connectivity index (χ1) is 12.1. The van der Waals surface area contributed by atoms with Crippen molar-refractivity contribution in [2.75, 3.05) is 33.2 Å². The SMILES string of the molecule is CN(CC(=O)O)C1CCCN(C(=O)NCCC2=CCCCCC2)CC1. The Morgan fingerprint density at radius 3 is 2.88 bits per heavy atom. The summed E-state index contributed by atoms with van der Waals surface area (Å²) in [5.74, 6) is -0.797. The third-order valence-electron chi connectivity index (χ3n) is 5.35. The van der Waals surface area contributed by atoms with Crippen LogP contribution in [0.4, 0.5) is 4.79 Å². The summed E-state index contributed by atoms with van der Waals surface area (Å²) < 4.78 is 0. The zero-order chi connectivity index (χ0) is 18.1. The molecule has 0 saturated carbocycles. The fraction of sp³-hybridized carbons (Fsp3) is 0.789. The summed E-state index contributed by atoms with van der Waals surface area (Å²) in [5, 5.41) is 12.0. The Labute approximate surface area is 151 Å². The maximum absolute atomic E-state index is 12.4. The molecule has 1 aliphatic heterocycles. The van der Waals surface area contributed by atoms with Crippen LogP contribution in [0.5, 0.6) is 0 Å². The van der Waals surface area contributed by atoms with E-state index in [0.29, 0.717) is 13.1 Å². The molecule has 0 aromatic rings. The summed E-state index contributed by atoms with van der Waals surface area (Å²) in [4.78, 5) is 27.0. The molecule has 6 heteroatoms. The van der Waals surface area contributed by atoms with Crippen molar-refractivity contribution in [2.45, 2.75) is 63.8 Å². The quantitative estimate of drug-likeness (QED) is 0.722. The van der Waals surface area contributed by atoms with Crippen molar-refractivity contribution in [3.05, 3.63) is 11.6 Å². The normalized spacial score (nSPS) is 22.1. The Hall–Kier alpha value is -1.56. The van der Waals surface area contributed by atoms with E-state index in [4.69, 9.17) is 5.11 Å². The van der Waals surface area contributed by atoms with Crippen molar-refractivity contribution >= 4 is 12.0 Å². The number of carboxylic acid groups (broad SMARTS) is 1. The Morgan fingerprint density at radius 2 is 2.08 bits per heavy atom. The van der Waals surface area contributed by atoms with Gasteiger partial charge in [-0.1, -0.05) is 18.1 Å². The molecule has 142 valence electrons. The first-order valence-corrected chi connectivity index (χ1v) is 9.69. The van der Waals surface area contributed by atoms with E-state index in [1.54, 1.807) is 0 Å². The average Bonchev–Trinajstić information content (AvgIpc) is 2.97. The first kappa shape index (κ1) is 19.8. The maximum Gasteiger partial charge on any atom is 0.317 e. The van der Waals surface area contributed by atoms with Gasteiger partial charge in [-0.3, -0.25) is 9.69 Å². The first-order valence-electron chi connectivity index (χ1n) is 9.69. The number of rotatable bonds is 6. The van der Waals surface area contributed by atoms with Crippen LogP contribution in [0.2, 0.25) is 0 Å². The van der Waals surface area contributed by atoms with Gasteiger partial charge in [0.05, 0.1) is 6.54 Å². The summed E-state index contributed by atoms with van der Waals surface area (Å²) in [7, 11) is 1.86. The van der Waals surface area contributed by atoms with Crippen molar-refractivity contribution < 1.29 is 14.7 Å². The smallest absolute Gasteiger partial charge is 0.317 e. The topological polar surface area (TPSA) is 72.9 Å². The predicted molar refractivity (Wildman–Crippen MR) is 98.7 cm³/mol. The lowest BCUT2D eigenvalue weighted by atomic mass is 10.1. The number of likely N-dealkylation sites (tertiary alicyclic amines) is 1. The number of nitrogens with zero attached hydrogens (tertiary/aromatic N) is 2. The third kappa shape index (κ3) is 7.06. The Balaban J connectivity index is 1.71. The van der Waals surface area contributed by atoms with E-state index < -0.39 is 5.97 Å². The summed E-state index contributed by atoms with van der Waals surface area (Å²) >= 11 is 0. The molecule has 6 nitrogen and oxygen atoms in total. The number of urea groups is 1. The third-order valence-corrected chi connectivity index (χ3v) is 5.35. The maximum atomic E-state index is 12.4. The van der Waals surface area contributed by atoms with Gasteiger partial charge in [-0.05, 0) is 58.4 Å². The lowest BCUT2D eigenvalue weighted by Gasteiger charge is -2.25. The van der Waals surface area contributed by atoms with Gasteiger partial charge in [-0.15, -0.1) is 0 Å². The van der Waals surface area contributed by atoms with Crippen LogP contribution >= 0.6 is 0 Å². The van der Waals surface area contributed by atoms with Crippen LogP contribution in [0.15, 0.2) is 11.6 Å². The molecule has 1 atom stereocenters. The number of carbonyl (C=O) groups is 2. The number of nitrogens with one attached hydrogen (secondary N) is 1. The minimum absolute atomic E-state index is 0.0239. The monoisotopic (exact) mass is 351 g/mol. The number of carboxylic acids is 1. The number of allylic oxidation sites excluding steroid dienone is 1. The second-order valence-corrected chi connectivity index (χ2v) is 7.32. The fourth-order valence-corrected chi connectivity index (χ4v) is 3.82. The molecule has 1 saturated heterocycles. The van der Waals surface area contributed by atoms with E-state index in [1.165, 1.54) is 37.7 Å². The van der Waals surface area contributed by atoms with Gasteiger partial charge >= 0.3 is 12.0 Å². The molecule has 0 aromatic heterocycles. The van der Waals surface area contributed by atoms with Gasteiger partial charge in [0.25, 0.3) is 0 Å². The molecule has 0 bridgehead atoms. The molecule has 2 amide bonds. The van der Waals surface area contributed by atoms with Crippen molar-refractivity contribution in [1.29, 1.82) is 0 Å². The molecule has 1 aliphatic carbocycles. The van der Waals surface area contributed by atoms with E-state index in [0.717, 1.165) is 32.2 Å². The molecule has 2 aliphatic rings. The van der Waals surface area contributed by atoms with Crippen LogP contribution < -0.4 is 5.32 Å². The average molecular weight is 351 g/mol. The molecule has 1 heterocycles. The highest BCUT2D eigenvalue weighted by atomic mass is 16.4. The van der Waals surface area contributed by atoms with E-state index in [-0.39, 0.29) is 18.6 Å². The van der Waals surface area contributed by atoms with Gasteiger partial charge in [-0.2, -0.15) is 0 Å². The fourth-order valence-electron chi connectivity index (χ4n) is 3.82. The van der Waals surface area contributed by atoms with Crippen LogP contribution in [-0.4, -0.2) is 66.2 Å². The minimum atomic E-state index is -0.797. The van der Waals surface area contributed by atoms with E-state index >= 15 is 0 Å². The second kappa shape index (κ2) is 10.4. The molecular weight excluding hydrogens is 318 g/mol. The molecule has 1 fully saturated rings. The van der Waals surface area contributed by atoms with Crippen molar-refractivity contribution in [3.8, 4) is 0 Å². The molecule has 0 radical (unpaired) electrons. The van der Waals surface area contributed by atoms with Gasteiger partial charge in [0.2, 0.25) is 0 Å². The van der Waals surface area contributed by atoms with Crippen LogP contribution in [-0.2, 0) is 4.79 Å². The van der Waals surface area contributed by atoms with E-state index in [2.05, 4.69) is 11.4 Å². The number of likely N-dealkylation sites (N-methyl/N-ethyl adjacent to an activating group) is 1. The van der Waals surface area contributed by atoms with E-state index in [1.807, 2.05) is 16.8 Å². The highest BCUT2D eigenvalue weighted by molar-refractivity contribution is 5.74. The van der Waals surface area contributed by atoms with Crippen LogP contribution in [0.25, 0.3) is 0 Å². The molecule has 25 heavy (non-hydrogen) atoms. The lowest BCUT2D eigenvalue weighted by molar-refractivity contribution is -0.138. The summed E-state index contributed by atoms with van der Waals surface area (Å²) in [5.41, 5.74) is 1.49. The van der Waals surface area contributed by atoms with Crippen LogP contribution in [0, 0.1) is 0 Å². The van der Waals surface area contributed by atoms with Crippen molar-refractivity contribution in [2.24, 2.45) is 0 Å². The van der Waals surface area contributed by atoms with Gasteiger partial charge in [0.15, 0.2) is 0 Å². The number of aliphatic carboxylic acids is 1. The standard InChI is InChI=1S/C19H33N3O3/c1-21(15-18(23)24)17-9-6-13-22(14-11-17)19(25)20-12-10-16-7-4-2-3-5-8-16/h7,17H,2-6,8-15H2,1H3,(H,20,25)(H,23,24). The number of carbonyl (C=O) groups excluding carboxylic acids is 1. The van der Waals surface area contributed by atoms with Crippen LogP contribution in [0.3, 0.4) is 0 Å². The summed E-state index contributed by atoms with van der Waals surface area (Å²) in [6.45, 7) is 2.23. The molecule has 2 rings (SSSR count). The van der Waals surface area contributed by atoms with Gasteiger partial charge in [0.1, 0.15) is 0 Å². The lowest BCUT2D eigenvalue weighted by Crippen LogP contribution is -2.42. The summed E-state index contributed by atoms with van der Waals surface area (Å²) in [6, 6.07) is 0.265. The van der Waals surface area contributed by atoms with E-state index in [9.17, 15) is 9.59 Å². The minimum Gasteiger partial charge on any atom is -0.480 e. The Bertz CT molecular complexity index is 479. The van der Waals surface area contributed by atoms with Gasteiger partial charge in [0, 0.05) is 25.7 Å². The summed E-state index contributed by atoms with van der Waals surface area (Å²) in [6.07, 6.45) is 12.3. The predicted octanol–water partition coefficient (Wildman–Crippen LogP) is 2.85. The van der Waals surface area contributed by atoms with Crippen LogP contribution in [0.1, 0.15) is 57.8 Å². The van der Waals surface area contributed by atoms with Crippen molar-refractivity contribution in [1.82, 2.24) is 15.1 Å². The van der Waals surface area contributed by atoms with Crippen molar-refractivity contribution in [3.63, 3.8) is 0 Å². The molecule has 2 N–H and O–H groups in total. The van der Waals surface area contributed by atoms with Gasteiger partial charge in [-0.25, -0.2) is 4.79 Å². The zero-order valence-electron chi connectivity index (χ0n) is 15.5. The molecule has 0 aromatic carbocycles. The molecular formula is C19H33N3O3. The van der Waals surface area contributed by atoms with Gasteiger partial charge < -0.3 is 15.3 Å². The number of amides is 2. The molecule has 1 unspecified atom stereocenters. The zero-order valence-corrected chi connectivity index (χ0v) is 15.5. The Kier molecular flexibility index (Phi) is 8.25. The highest BCUT2D eigenvalue weighted by Crippen LogP contribution is 2.19. The highest BCUT2D eigenvalue weighted by Gasteiger charge is 2.23. The second-order valence-electron chi connectivity index (χ2n) is 7.32. The number of hydrogen-bond acceptors (Lipinski definition) is 3.